The monoisotopic (exact) mass is 547 g/mol. The largest absolute Gasteiger partial charge is 0.511 e. The van der Waals surface area contributed by atoms with Crippen LogP contribution in [0, 0.1) is 5.41 Å². The molecule has 0 spiro atoms. The predicted molar refractivity (Wildman–Crippen MR) is 150 cm³/mol. The van der Waals surface area contributed by atoms with Gasteiger partial charge in [-0.25, -0.2) is 0 Å². The van der Waals surface area contributed by atoms with Crippen molar-refractivity contribution < 1.29 is 34.0 Å². The lowest BCUT2D eigenvalue weighted by atomic mass is 9.75. The van der Waals surface area contributed by atoms with Crippen molar-refractivity contribution in [2.45, 2.75) is 110 Å². The van der Waals surface area contributed by atoms with Crippen LogP contribution in [0.3, 0.4) is 0 Å². The van der Waals surface area contributed by atoms with Gasteiger partial charge in [0.25, 0.3) is 0 Å². The molecule has 212 valence electrons. The highest BCUT2D eigenvalue weighted by molar-refractivity contribution is 6.74. The third-order valence-corrected chi connectivity index (χ3v) is 12.4. The Bertz CT molecular complexity index is 1040. The van der Waals surface area contributed by atoms with Gasteiger partial charge in [0, 0.05) is 18.6 Å². The molecule has 8 nitrogen and oxygen atoms in total. The molecule has 1 aromatic carbocycles. The zero-order valence-electron chi connectivity index (χ0n) is 24.0. The molecule has 1 saturated heterocycles. The normalized spacial score (nSPS) is 29.1. The SMILES string of the molecule is CC(=N[C@@H]1[C@@H](OCc2ccccc2)O[C@H](CO[Si](C)(C)C(C)(C)C)[C@@H](O)[C@@H]1O)C1=C(O)CC(C)(C)CC1=O. The number of aliphatic imine (C=N–C) groups is 1. The summed E-state index contributed by atoms with van der Waals surface area (Å²) in [5.74, 6) is -0.212. The summed E-state index contributed by atoms with van der Waals surface area (Å²) in [5, 5.41) is 32.8. The predicted octanol–water partition coefficient (Wildman–Crippen LogP) is 4.70. The van der Waals surface area contributed by atoms with Gasteiger partial charge in [-0.1, -0.05) is 65.0 Å². The molecule has 0 saturated carbocycles. The molecule has 0 bridgehead atoms. The lowest BCUT2D eigenvalue weighted by Crippen LogP contribution is -2.59. The Morgan fingerprint density at radius 2 is 1.76 bits per heavy atom. The van der Waals surface area contributed by atoms with Gasteiger partial charge in [-0.05, 0) is 36.0 Å². The molecule has 1 fully saturated rings. The van der Waals surface area contributed by atoms with Gasteiger partial charge in [-0.15, -0.1) is 0 Å². The number of ether oxygens (including phenoxy) is 2. The molecule has 1 aromatic rings. The molecule has 1 aliphatic carbocycles. The Labute approximate surface area is 227 Å². The van der Waals surface area contributed by atoms with Crippen LogP contribution in [0.1, 0.15) is 59.9 Å². The van der Waals surface area contributed by atoms with E-state index in [4.69, 9.17) is 13.9 Å². The number of Topliss-reactive ketones (excluding diaryl/α,β-unsaturated/α-hetero) is 1. The van der Waals surface area contributed by atoms with Crippen molar-refractivity contribution in [1.29, 1.82) is 0 Å². The summed E-state index contributed by atoms with van der Waals surface area (Å²) in [6, 6.07) is 8.54. The third-order valence-electron chi connectivity index (χ3n) is 7.90. The maximum Gasteiger partial charge on any atom is 0.192 e. The van der Waals surface area contributed by atoms with E-state index in [2.05, 4.69) is 38.9 Å². The minimum Gasteiger partial charge on any atom is -0.511 e. The number of nitrogens with zero attached hydrogens (tertiary/aromatic N) is 1. The smallest absolute Gasteiger partial charge is 0.192 e. The van der Waals surface area contributed by atoms with Crippen molar-refractivity contribution in [2.75, 3.05) is 6.61 Å². The summed E-state index contributed by atoms with van der Waals surface area (Å²) in [5.41, 5.74) is 1.02. The van der Waals surface area contributed by atoms with E-state index in [1.54, 1.807) is 6.92 Å². The zero-order valence-corrected chi connectivity index (χ0v) is 25.0. The molecule has 9 heteroatoms. The maximum absolute atomic E-state index is 12.9. The van der Waals surface area contributed by atoms with Crippen LogP contribution in [-0.4, -0.2) is 72.4 Å². The number of benzene rings is 1. The van der Waals surface area contributed by atoms with Gasteiger partial charge in [0.2, 0.25) is 0 Å². The van der Waals surface area contributed by atoms with Crippen molar-refractivity contribution in [3.63, 3.8) is 0 Å². The Morgan fingerprint density at radius 3 is 2.34 bits per heavy atom. The second kappa shape index (κ2) is 11.7. The molecule has 1 heterocycles. The first kappa shape index (κ1) is 30.7. The van der Waals surface area contributed by atoms with E-state index in [1.165, 1.54) is 0 Å². The summed E-state index contributed by atoms with van der Waals surface area (Å²) in [7, 11) is -2.14. The molecule has 2 aliphatic rings. The first-order valence-corrected chi connectivity index (χ1v) is 16.2. The van der Waals surface area contributed by atoms with Crippen LogP contribution < -0.4 is 0 Å². The Morgan fingerprint density at radius 1 is 1.13 bits per heavy atom. The van der Waals surface area contributed by atoms with Crippen LogP contribution in [0.5, 0.6) is 0 Å². The van der Waals surface area contributed by atoms with Crippen LogP contribution in [0.2, 0.25) is 18.1 Å². The van der Waals surface area contributed by atoms with Crippen molar-refractivity contribution in [1.82, 2.24) is 0 Å². The molecule has 3 rings (SSSR count). The number of carbonyl (C=O) groups excluding carboxylic acids is 1. The van der Waals surface area contributed by atoms with Gasteiger partial charge < -0.3 is 29.2 Å². The summed E-state index contributed by atoms with van der Waals surface area (Å²) in [6.07, 6.45) is -3.79. The number of hydrogen-bond acceptors (Lipinski definition) is 8. The zero-order chi connectivity index (χ0) is 28.5. The van der Waals surface area contributed by atoms with Gasteiger partial charge in [0.1, 0.15) is 30.1 Å². The van der Waals surface area contributed by atoms with E-state index >= 15 is 0 Å². The fourth-order valence-corrected chi connectivity index (χ4v) is 5.59. The van der Waals surface area contributed by atoms with E-state index in [1.807, 2.05) is 44.2 Å². The summed E-state index contributed by atoms with van der Waals surface area (Å²) >= 11 is 0. The second-order valence-electron chi connectivity index (χ2n) is 12.9. The number of aliphatic hydroxyl groups excluding tert-OH is 3. The highest BCUT2D eigenvalue weighted by Crippen LogP contribution is 2.38. The number of allylic oxidation sites excluding steroid dienone is 2. The van der Waals surface area contributed by atoms with Crippen LogP contribution in [0.15, 0.2) is 46.7 Å². The number of ketones is 1. The summed E-state index contributed by atoms with van der Waals surface area (Å²) in [4.78, 5) is 17.5. The number of rotatable bonds is 8. The fourth-order valence-electron chi connectivity index (χ4n) is 4.58. The third kappa shape index (κ3) is 7.19. The van der Waals surface area contributed by atoms with E-state index in [0.717, 1.165) is 5.56 Å². The number of carbonyl (C=O) groups is 1. The average Bonchev–Trinajstić information content (AvgIpc) is 2.79. The standard InChI is InChI=1S/C29H45NO7Si/c1-18(23-20(31)14-29(5,6)15-21(23)32)30-24-26(34)25(33)22(17-36-38(7,8)28(2,3)4)37-27(24)35-16-19-12-10-9-11-13-19/h9-13,22,24-27,31,33-34H,14-17H2,1-8H3/t22-,24+,25-,26-,27+/m1/s1. The van der Waals surface area contributed by atoms with Crippen LogP contribution >= 0.6 is 0 Å². The minimum absolute atomic E-state index is 0.0123. The quantitative estimate of drug-likeness (QED) is 0.319. The first-order valence-electron chi connectivity index (χ1n) is 13.3. The lowest BCUT2D eigenvalue weighted by molar-refractivity contribution is -0.267. The Kier molecular flexibility index (Phi) is 9.44. The topological polar surface area (TPSA) is 118 Å². The van der Waals surface area contributed by atoms with Gasteiger partial charge in [0.15, 0.2) is 20.4 Å². The Balaban J connectivity index is 1.88. The molecule has 0 aromatic heterocycles. The van der Waals surface area contributed by atoms with Crippen LogP contribution in [-0.2, 0) is 25.3 Å². The van der Waals surface area contributed by atoms with Crippen LogP contribution in [0.4, 0.5) is 0 Å². The number of hydrogen-bond donors (Lipinski definition) is 3. The van der Waals surface area contributed by atoms with Gasteiger partial charge >= 0.3 is 0 Å². The molecule has 0 radical (unpaired) electrons. The molecular weight excluding hydrogens is 502 g/mol. The molecule has 3 N–H and O–H groups in total. The van der Waals surface area contributed by atoms with Crippen molar-refractivity contribution >= 4 is 19.8 Å². The van der Waals surface area contributed by atoms with Crippen molar-refractivity contribution in [3.8, 4) is 0 Å². The van der Waals surface area contributed by atoms with E-state index in [-0.39, 0.29) is 52.9 Å². The highest BCUT2D eigenvalue weighted by atomic mass is 28.4. The molecule has 0 unspecified atom stereocenters. The van der Waals surface area contributed by atoms with Gasteiger partial charge in [-0.2, -0.15) is 0 Å². The van der Waals surface area contributed by atoms with E-state index < -0.39 is 39.0 Å². The second-order valence-corrected chi connectivity index (χ2v) is 17.7. The lowest BCUT2D eigenvalue weighted by Gasteiger charge is -2.43. The molecular formula is C29H45NO7Si. The molecule has 38 heavy (non-hydrogen) atoms. The van der Waals surface area contributed by atoms with E-state index in [9.17, 15) is 20.1 Å². The Hall–Kier alpha value is -1.88. The summed E-state index contributed by atoms with van der Waals surface area (Å²) < 4.78 is 18.6. The van der Waals surface area contributed by atoms with Crippen molar-refractivity contribution in [2.24, 2.45) is 10.4 Å². The number of aliphatic hydroxyl groups is 3. The molecule has 1 aliphatic heterocycles. The highest BCUT2D eigenvalue weighted by Gasteiger charge is 2.47. The molecule has 5 atom stereocenters. The van der Waals surface area contributed by atoms with Crippen molar-refractivity contribution in [3.05, 3.63) is 47.2 Å². The summed E-state index contributed by atoms with van der Waals surface area (Å²) in [6.45, 7) is 16.4. The fraction of sp³-hybridized carbons (Fsp3) is 0.655. The van der Waals surface area contributed by atoms with E-state index in [0.29, 0.717) is 6.42 Å². The first-order chi connectivity index (χ1) is 17.5. The van der Waals surface area contributed by atoms with Crippen LogP contribution in [0.25, 0.3) is 0 Å². The average molecular weight is 548 g/mol. The van der Waals surface area contributed by atoms with Gasteiger partial charge in [0.05, 0.1) is 18.8 Å². The molecule has 0 amide bonds. The minimum atomic E-state index is -2.14. The maximum atomic E-state index is 12.9. The van der Waals surface area contributed by atoms with Gasteiger partial charge in [-0.3, -0.25) is 9.79 Å².